The molecule has 2 atom stereocenters. The molecule has 0 aromatic rings. The molecule has 2 aliphatic rings. The first-order chi connectivity index (χ1) is 9.78. The highest BCUT2D eigenvalue weighted by molar-refractivity contribution is 5.87. The smallest absolute Gasteiger partial charge is 0.311 e. The maximum atomic E-state index is 12.2. The van der Waals surface area contributed by atoms with Gasteiger partial charge in [-0.05, 0) is 46.1 Å². The van der Waals surface area contributed by atoms with Gasteiger partial charge in [0.05, 0.1) is 12.0 Å². The van der Waals surface area contributed by atoms with E-state index < -0.39 is 5.60 Å². The van der Waals surface area contributed by atoms with Crippen molar-refractivity contribution in [1.82, 2.24) is 4.90 Å². The Balaban J connectivity index is 2.01. The number of ether oxygens (including phenoxy) is 1. The lowest BCUT2D eigenvalue weighted by atomic mass is 9.98. The molecule has 0 bridgehead atoms. The fourth-order valence-corrected chi connectivity index (χ4v) is 2.82. The van der Waals surface area contributed by atoms with Crippen molar-refractivity contribution >= 4 is 11.9 Å². The number of rotatable bonds is 3. The first kappa shape index (κ1) is 15.8. The minimum atomic E-state index is -0.504. The molecular formula is C17H25NO3. The third kappa shape index (κ3) is 3.96. The van der Waals surface area contributed by atoms with Gasteiger partial charge >= 0.3 is 5.97 Å². The second-order valence-electron chi connectivity index (χ2n) is 6.87. The zero-order chi connectivity index (χ0) is 15.6. The van der Waals surface area contributed by atoms with Gasteiger partial charge in [-0.2, -0.15) is 0 Å². The van der Waals surface area contributed by atoms with E-state index >= 15 is 0 Å². The van der Waals surface area contributed by atoms with Crippen LogP contribution in [0.2, 0.25) is 0 Å². The number of esters is 1. The lowest BCUT2D eigenvalue weighted by Crippen LogP contribution is -2.37. The standard InChI is InChI=1S/C17H25NO3/c1-12(13-8-6-5-7-9-13)18-11-14(10-15(18)19)16(20)21-17(2,3)4/h5-6,8,12,14H,7,9-11H2,1-4H3. The Labute approximate surface area is 126 Å². The number of hydrogen-bond donors (Lipinski definition) is 0. The monoisotopic (exact) mass is 291 g/mol. The molecule has 0 aromatic carbocycles. The number of carbonyl (C=O) groups is 2. The Kier molecular flexibility index (Phi) is 4.55. The fraction of sp³-hybridized carbons (Fsp3) is 0.647. The van der Waals surface area contributed by atoms with Crippen LogP contribution in [-0.2, 0) is 14.3 Å². The van der Waals surface area contributed by atoms with Crippen molar-refractivity contribution in [3.8, 4) is 0 Å². The third-order valence-electron chi connectivity index (χ3n) is 3.95. The van der Waals surface area contributed by atoms with Crippen LogP contribution in [0, 0.1) is 5.92 Å². The summed E-state index contributed by atoms with van der Waals surface area (Å²) in [5.41, 5.74) is 0.756. The van der Waals surface area contributed by atoms with E-state index in [1.165, 1.54) is 5.57 Å². The van der Waals surface area contributed by atoms with Crippen molar-refractivity contribution in [1.29, 1.82) is 0 Å². The van der Waals surface area contributed by atoms with Crippen LogP contribution in [0.5, 0.6) is 0 Å². The SMILES string of the molecule is CC(C1=CC=CCC1)N1CC(C(=O)OC(C)(C)C)CC1=O. The molecule has 4 nitrogen and oxygen atoms in total. The molecule has 2 unspecified atom stereocenters. The molecule has 2 rings (SSSR count). The van der Waals surface area contributed by atoms with E-state index in [9.17, 15) is 9.59 Å². The molecule has 1 saturated heterocycles. The van der Waals surface area contributed by atoms with E-state index in [4.69, 9.17) is 4.74 Å². The van der Waals surface area contributed by atoms with Crippen molar-refractivity contribution in [2.45, 2.75) is 58.6 Å². The van der Waals surface area contributed by atoms with Gasteiger partial charge in [-0.15, -0.1) is 0 Å². The van der Waals surface area contributed by atoms with Gasteiger partial charge in [-0.25, -0.2) is 0 Å². The molecule has 1 aliphatic heterocycles. The van der Waals surface area contributed by atoms with Gasteiger partial charge in [0.1, 0.15) is 5.60 Å². The van der Waals surface area contributed by atoms with Crippen molar-refractivity contribution in [2.24, 2.45) is 5.92 Å². The van der Waals surface area contributed by atoms with Gasteiger partial charge in [0.15, 0.2) is 0 Å². The van der Waals surface area contributed by atoms with Gasteiger partial charge in [-0.3, -0.25) is 9.59 Å². The van der Waals surface area contributed by atoms with Crippen LogP contribution in [0.15, 0.2) is 23.8 Å². The van der Waals surface area contributed by atoms with E-state index in [1.54, 1.807) is 0 Å². The average Bonchev–Trinajstić information content (AvgIpc) is 2.79. The maximum Gasteiger partial charge on any atom is 0.311 e. The van der Waals surface area contributed by atoms with E-state index in [-0.39, 0.29) is 30.3 Å². The van der Waals surface area contributed by atoms with Crippen molar-refractivity contribution in [3.63, 3.8) is 0 Å². The second-order valence-corrected chi connectivity index (χ2v) is 6.87. The Morgan fingerprint density at radius 3 is 2.71 bits per heavy atom. The van der Waals surface area contributed by atoms with Crippen molar-refractivity contribution in [2.75, 3.05) is 6.54 Å². The van der Waals surface area contributed by atoms with Crippen LogP contribution in [0.25, 0.3) is 0 Å². The number of allylic oxidation sites excluding steroid dienone is 3. The highest BCUT2D eigenvalue weighted by Gasteiger charge is 2.39. The molecule has 1 aliphatic carbocycles. The van der Waals surface area contributed by atoms with Crippen LogP contribution >= 0.6 is 0 Å². The summed E-state index contributed by atoms with van der Waals surface area (Å²) >= 11 is 0. The molecule has 21 heavy (non-hydrogen) atoms. The summed E-state index contributed by atoms with van der Waals surface area (Å²) in [6.07, 6.45) is 8.53. The summed E-state index contributed by atoms with van der Waals surface area (Å²) in [4.78, 5) is 26.2. The lowest BCUT2D eigenvalue weighted by molar-refractivity contribution is -0.159. The Hall–Kier alpha value is -1.58. The summed E-state index contributed by atoms with van der Waals surface area (Å²) in [5.74, 6) is -0.546. The van der Waals surface area contributed by atoms with Crippen LogP contribution in [0.4, 0.5) is 0 Å². The van der Waals surface area contributed by atoms with Crippen LogP contribution in [0.3, 0.4) is 0 Å². The fourth-order valence-electron chi connectivity index (χ4n) is 2.82. The predicted molar refractivity (Wildman–Crippen MR) is 81.6 cm³/mol. The molecular weight excluding hydrogens is 266 g/mol. The molecule has 1 heterocycles. The highest BCUT2D eigenvalue weighted by Crippen LogP contribution is 2.28. The van der Waals surface area contributed by atoms with Crippen LogP contribution in [-0.4, -0.2) is 35.0 Å². The number of hydrogen-bond acceptors (Lipinski definition) is 3. The summed E-state index contributed by atoms with van der Waals surface area (Å²) in [6, 6.07) is 0.0647. The Morgan fingerprint density at radius 1 is 1.43 bits per heavy atom. The Bertz CT molecular complexity index is 485. The first-order valence-corrected chi connectivity index (χ1v) is 7.66. The quantitative estimate of drug-likeness (QED) is 0.751. The van der Waals surface area contributed by atoms with Gasteiger partial charge in [-0.1, -0.05) is 18.2 Å². The second kappa shape index (κ2) is 6.04. The van der Waals surface area contributed by atoms with Gasteiger partial charge in [0.2, 0.25) is 5.91 Å². The van der Waals surface area contributed by atoms with E-state index in [0.717, 1.165) is 12.8 Å². The molecule has 116 valence electrons. The van der Waals surface area contributed by atoms with E-state index in [1.807, 2.05) is 38.7 Å². The van der Waals surface area contributed by atoms with Crippen molar-refractivity contribution in [3.05, 3.63) is 23.8 Å². The van der Waals surface area contributed by atoms with Gasteiger partial charge < -0.3 is 9.64 Å². The molecule has 4 heteroatoms. The number of nitrogens with zero attached hydrogens (tertiary/aromatic N) is 1. The first-order valence-electron chi connectivity index (χ1n) is 7.66. The lowest BCUT2D eigenvalue weighted by Gasteiger charge is -2.28. The third-order valence-corrected chi connectivity index (χ3v) is 3.95. The minimum Gasteiger partial charge on any atom is -0.460 e. The number of likely N-dealkylation sites (tertiary alicyclic amines) is 1. The van der Waals surface area contributed by atoms with Crippen molar-refractivity contribution < 1.29 is 14.3 Å². The zero-order valence-corrected chi connectivity index (χ0v) is 13.4. The van der Waals surface area contributed by atoms with E-state index in [0.29, 0.717) is 6.54 Å². The summed E-state index contributed by atoms with van der Waals surface area (Å²) in [6.45, 7) is 8.06. The van der Waals surface area contributed by atoms with Gasteiger partial charge in [0.25, 0.3) is 0 Å². The topological polar surface area (TPSA) is 46.6 Å². The van der Waals surface area contributed by atoms with Gasteiger partial charge in [0, 0.05) is 13.0 Å². The summed E-state index contributed by atoms with van der Waals surface area (Å²) in [7, 11) is 0. The van der Waals surface area contributed by atoms with Crippen LogP contribution < -0.4 is 0 Å². The highest BCUT2D eigenvalue weighted by atomic mass is 16.6. The Morgan fingerprint density at radius 2 is 2.14 bits per heavy atom. The zero-order valence-electron chi connectivity index (χ0n) is 13.4. The number of amides is 1. The summed E-state index contributed by atoms with van der Waals surface area (Å²) < 4.78 is 5.40. The largest absolute Gasteiger partial charge is 0.460 e. The molecule has 1 fully saturated rings. The molecule has 0 N–H and O–H groups in total. The molecule has 1 amide bonds. The van der Waals surface area contributed by atoms with Crippen LogP contribution in [0.1, 0.15) is 47.0 Å². The normalized spacial score (nSPS) is 24.0. The predicted octanol–water partition coefficient (Wildman–Crippen LogP) is 2.84. The molecule has 0 aromatic heterocycles. The average molecular weight is 291 g/mol. The molecule has 0 saturated carbocycles. The summed E-state index contributed by atoms with van der Waals surface area (Å²) in [5, 5.41) is 0. The maximum absolute atomic E-state index is 12.2. The minimum absolute atomic E-state index is 0.0498. The molecule has 0 radical (unpaired) electrons. The molecule has 0 spiro atoms. The van der Waals surface area contributed by atoms with E-state index in [2.05, 4.69) is 12.2 Å². The number of carbonyl (C=O) groups excluding carboxylic acids is 2.